The Labute approximate surface area is 104 Å². The van der Waals surface area contributed by atoms with Gasteiger partial charge >= 0.3 is 0 Å². The fraction of sp³-hybridized carbons (Fsp3) is 0.571. The van der Waals surface area contributed by atoms with Gasteiger partial charge in [0.15, 0.2) is 0 Å². The van der Waals surface area contributed by atoms with Gasteiger partial charge in [-0.15, -0.1) is 0 Å². The minimum Gasteiger partial charge on any atom is -0.394 e. The maximum Gasteiger partial charge on any atom is 0.104 e. The first-order valence-corrected chi connectivity index (χ1v) is 6.10. The second-order valence-corrected chi connectivity index (χ2v) is 5.14. The zero-order valence-corrected chi connectivity index (χ0v) is 11.1. The lowest BCUT2D eigenvalue weighted by Gasteiger charge is -2.29. The molecule has 1 aromatic carbocycles. The molecule has 0 heterocycles. The highest BCUT2D eigenvalue weighted by molar-refractivity contribution is 5.20. The van der Waals surface area contributed by atoms with Crippen LogP contribution in [0.1, 0.15) is 11.1 Å². The summed E-state index contributed by atoms with van der Waals surface area (Å²) in [5.74, 6) is 0. The van der Waals surface area contributed by atoms with Crippen LogP contribution in [-0.2, 0) is 11.3 Å². The molecule has 0 fully saturated rings. The quantitative estimate of drug-likeness (QED) is 0.577. The number of nitrogens with zero attached hydrogens (tertiary/aromatic N) is 1. The lowest BCUT2D eigenvalue weighted by atomic mass is 10.1. The number of aliphatic hydroxyl groups is 1. The number of quaternary nitrogens is 1. The Kier molecular flexibility index (Phi) is 5.62. The number of hydrogen-bond donors (Lipinski definition) is 1. The van der Waals surface area contributed by atoms with Crippen LogP contribution in [0.5, 0.6) is 0 Å². The van der Waals surface area contributed by atoms with Gasteiger partial charge in [0.05, 0.1) is 33.9 Å². The van der Waals surface area contributed by atoms with E-state index in [-0.39, 0.29) is 6.61 Å². The summed E-state index contributed by atoms with van der Waals surface area (Å²) in [5.41, 5.74) is 2.65. The van der Waals surface area contributed by atoms with Gasteiger partial charge in [-0.1, -0.05) is 29.8 Å². The van der Waals surface area contributed by atoms with Gasteiger partial charge in [-0.05, 0) is 6.92 Å². The summed E-state index contributed by atoms with van der Waals surface area (Å²) < 4.78 is 6.21. The highest BCUT2D eigenvalue weighted by Crippen LogP contribution is 2.10. The van der Waals surface area contributed by atoms with Gasteiger partial charge in [0.25, 0.3) is 0 Å². The lowest BCUT2D eigenvalue weighted by molar-refractivity contribution is -0.904. The molecule has 0 saturated heterocycles. The Morgan fingerprint density at radius 3 is 2.35 bits per heavy atom. The van der Waals surface area contributed by atoms with E-state index < -0.39 is 0 Å². The molecule has 1 N–H and O–H groups in total. The van der Waals surface area contributed by atoms with E-state index in [4.69, 9.17) is 9.84 Å². The smallest absolute Gasteiger partial charge is 0.104 e. The maximum absolute atomic E-state index is 8.63. The van der Waals surface area contributed by atoms with E-state index in [1.165, 1.54) is 11.1 Å². The van der Waals surface area contributed by atoms with Crippen LogP contribution >= 0.6 is 0 Å². The van der Waals surface area contributed by atoms with E-state index in [1.807, 2.05) is 0 Å². The summed E-state index contributed by atoms with van der Waals surface area (Å²) >= 11 is 0. The van der Waals surface area contributed by atoms with Gasteiger partial charge in [-0.2, -0.15) is 0 Å². The van der Waals surface area contributed by atoms with Crippen LogP contribution in [-0.4, -0.2) is 50.1 Å². The third-order valence-electron chi connectivity index (χ3n) is 2.81. The number of hydrogen-bond acceptors (Lipinski definition) is 2. The number of ether oxygens (including phenoxy) is 1. The summed E-state index contributed by atoms with van der Waals surface area (Å²) in [6.45, 7) is 5.29. The lowest BCUT2D eigenvalue weighted by Crippen LogP contribution is -2.41. The third-order valence-corrected chi connectivity index (χ3v) is 2.81. The molecule has 0 spiro atoms. The van der Waals surface area contributed by atoms with Crippen molar-refractivity contribution in [2.24, 2.45) is 0 Å². The zero-order chi connectivity index (χ0) is 12.7. The van der Waals surface area contributed by atoms with Crippen LogP contribution in [0.2, 0.25) is 0 Å². The Morgan fingerprint density at radius 2 is 1.76 bits per heavy atom. The minimum absolute atomic E-state index is 0.103. The molecular weight excluding hydrogens is 214 g/mol. The first-order chi connectivity index (χ1) is 8.03. The molecule has 0 aliphatic rings. The van der Waals surface area contributed by atoms with Crippen LogP contribution in [0.15, 0.2) is 24.3 Å². The molecule has 17 heavy (non-hydrogen) atoms. The van der Waals surface area contributed by atoms with Crippen LogP contribution in [0.4, 0.5) is 0 Å². The standard InChI is InChI=1S/C14H24NO2/c1-13-4-6-14(7-5-13)12-15(2,3)8-10-17-11-9-16/h4-7,16H,8-12H2,1-3H3/q+1. The van der Waals surface area contributed by atoms with Crippen molar-refractivity contribution in [1.82, 2.24) is 0 Å². The van der Waals surface area contributed by atoms with Crippen molar-refractivity contribution < 1.29 is 14.3 Å². The number of aryl methyl sites for hydroxylation is 1. The number of rotatable bonds is 7. The van der Waals surface area contributed by atoms with Crippen LogP contribution in [0.25, 0.3) is 0 Å². The summed E-state index contributed by atoms with van der Waals surface area (Å²) in [5, 5.41) is 8.63. The van der Waals surface area contributed by atoms with Gasteiger partial charge in [-0.3, -0.25) is 0 Å². The van der Waals surface area contributed by atoms with Crippen molar-refractivity contribution in [3.8, 4) is 0 Å². The van der Waals surface area contributed by atoms with Crippen molar-refractivity contribution >= 4 is 0 Å². The molecule has 1 rings (SSSR count). The Balaban J connectivity index is 2.40. The molecule has 3 nitrogen and oxygen atoms in total. The molecule has 0 amide bonds. The molecule has 3 heteroatoms. The average molecular weight is 238 g/mol. The van der Waals surface area contributed by atoms with Gasteiger partial charge in [0.1, 0.15) is 13.1 Å². The van der Waals surface area contributed by atoms with E-state index in [2.05, 4.69) is 45.3 Å². The molecular formula is C14H24NO2+. The normalized spacial score (nSPS) is 11.8. The van der Waals surface area contributed by atoms with E-state index in [9.17, 15) is 0 Å². The van der Waals surface area contributed by atoms with Crippen LogP contribution in [0, 0.1) is 6.92 Å². The fourth-order valence-electron chi connectivity index (χ4n) is 1.75. The summed E-state index contributed by atoms with van der Waals surface area (Å²) in [6.07, 6.45) is 0. The van der Waals surface area contributed by atoms with Crippen LogP contribution < -0.4 is 0 Å². The molecule has 0 aromatic heterocycles. The summed E-state index contributed by atoms with van der Waals surface area (Å²) in [4.78, 5) is 0. The highest BCUT2D eigenvalue weighted by atomic mass is 16.5. The first kappa shape index (κ1) is 14.2. The Morgan fingerprint density at radius 1 is 1.12 bits per heavy atom. The third kappa shape index (κ3) is 5.82. The Bertz CT molecular complexity index is 319. The second-order valence-electron chi connectivity index (χ2n) is 5.14. The SMILES string of the molecule is Cc1ccc(C[N+](C)(C)CCOCCO)cc1. The van der Waals surface area contributed by atoms with Crippen molar-refractivity contribution in [1.29, 1.82) is 0 Å². The molecule has 0 aliphatic heterocycles. The first-order valence-electron chi connectivity index (χ1n) is 6.10. The van der Waals surface area contributed by atoms with Crippen LogP contribution in [0.3, 0.4) is 0 Å². The van der Waals surface area contributed by atoms with E-state index in [0.717, 1.165) is 17.6 Å². The predicted molar refractivity (Wildman–Crippen MR) is 69.8 cm³/mol. The van der Waals surface area contributed by atoms with Crippen molar-refractivity contribution in [3.63, 3.8) is 0 Å². The number of benzene rings is 1. The largest absolute Gasteiger partial charge is 0.394 e. The molecule has 0 bridgehead atoms. The topological polar surface area (TPSA) is 29.5 Å². The van der Waals surface area contributed by atoms with Gasteiger partial charge in [0, 0.05) is 5.56 Å². The van der Waals surface area contributed by atoms with Crippen molar-refractivity contribution in [3.05, 3.63) is 35.4 Å². The maximum atomic E-state index is 8.63. The van der Waals surface area contributed by atoms with Gasteiger partial charge in [0.2, 0.25) is 0 Å². The predicted octanol–water partition coefficient (Wildman–Crippen LogP) is 1.58. The van der Waals surface area contributed by atoms with E-state index in [1.54, 1.807) is 0 Å². The molecule has 1 aromatic rings. The van der Waals surface area contributed by atoms with Gasteiger partial charge < -0.3 is 14.3 Å². The second kappa shape index (κ2) is 6.74. The highest BCUT2D eigenvalue weighted by Gasteiger charge is 2.15. The summed E-state index contributed by atoms with van der Waals surface area (Å²) in [7, 11) is 4.39. The van der Waals surface area contributed by atoms with Gasteiger partial charge in [-0.25, -0.2) is 0 Å². The van der Waals surface area contributed by atoms with Crippen molar-refractivity contribution in [2.45, 2.75) is 13.5 Å². The Hall–Kier alpha value is -0.900. The molecule has 0 saturated carbocycles. The molecule has 0 radical (unpaired) electrons. The zero-order valence-electron chi connectivity index (χ0n) is 11.1. The average Bonchev–Trinajstić information content (AvgIpc) is 2.27. The fourth-order valence-corrected chi connectivity index (χ4v) is 1.75. The number of likely N-dealkylation sites (N-methyl/N-ethyl adjacent to an activating group) is 1. The molecule has 0 aliphatic carbocycles. The molecule has 96 valence electrons. The monoisotopic (exact) mass is 238 g/mol. The summed E-state index contributed by atoms with van der Waals surface area (Å²) in [6, 6.07) is 8.67. The van der Waals surface area contributed by atoms with Crippen molar-refractivity contribution in [2.75, 3.05) is 40.5 Å². The van der Waals surface area contributed by atoms with E-state index >= 15 is 0 Å². The molecule has 0 unspecified atom stereocenters. The molecule has 0 atom stereocenters. The van der Waals surface area contributed by atoms with E-state index in [0.29, 0.717) is 13.2 Å². The number of aliphatic hydroxyl groups excluding tert-OH is 1. The minimum atomic E-state index is 0.103.